The smallest absolute Gasteiger partial charge is 0.475 e. The monoisotopic (exact) mass is 737 g/mol. The maximum absolute atomic E-state index is 15.9. The first-order chi connectivity index (χ1) is 22.1. The van der Waals surface area contributed by atoms with Gasteiger partial charge in [-0.25, -0.2) is 21.9 Å². The molecule has 48 heavy (non-hydrogen) atoms. The molecule has 0 bridgehead atoms. The fourth-order valence-corrected chi connectivity index (χ4v) is 8.29. The zero-order chi connectivity index (χ0) is 36.0. The number of aliphatic carboxylic acids is 1. The van der Waals surface area contributed by atoms with Crippen LogP contribution in [0, 0.1) is 17.2 Å². The number of benzene rings is 2. The number of alkyl halides is 3. The second kappa shape index (κ2) is 13.9. The van der Waals surface area contributed by atoms with Gasteiger partial charge in [-0.1, -0.05) is 62.2 Å². The molecule has 2 aromatic rings. The van der Waals surface area contributed by atoms with Crippen molar-refractivity contribution in [3.63, 3.8) is 0 Å². The van der Waals surface area contributed by atoms with Crippen LogP contribution in [0.4, 0.5) is 23.2 Å². The number of carboxylic acid groups (broad SMARTS) is 1. The molecule has 3 aliphatic heterocycles. The highest BCUT2D eigenvalue weighted by Gasteiger charge is 2.66. The van der Waals surface area contributed by atoms with Crippen LogP contribution < -0.4 is 10.6 Å². The number of ketones is 1. The number of fused-ring (bicyclic) bond motifs is 2. The Morgan fingerprint density at radius 3 is 2.23 bits per heavy atom. The molecule has 2 aromatic carbocycles. The van der Waals surface area contributed by atoms with Crippen molar-refractivity contribution in [2.24, 2.45) is 11.3 Å². The van der Waals surface area contributed by atoms with Crippen molar-refractivity contribution in [2.75, 3.05) is 24.7 Å². The quantitative estimate of drug-likeness (QED) is 0.303. The van der Waals surface area contributed by atoms with Crippen molar-refractivity contribution >= 4 is 56.6 Å². The summed E-state index contributed by atoms with van der Waals surface area (Å²) in [6.07, 6.45) is -2.04. The van der Waals surface area contributed by atoms with E-state index in [9.17, 15) is 31.2 Å². The largest absolute Gasteiger partial charge is 0.490 e. The predicted octanol–water partition coefficient (Wildman–Crippen LogP) is 6.15. The number of halogens is 6. The van der Waals surface area contributed by atoms with Crippen LogP contribution in [0.3, 0.4) is 0 Å². The predicted molar refractivity (Wildman–Crippen MR) is 173 cm³/mol. The first-order valence-corrected chi connectivity index (χ1v) is 17.8. The molecule has 2 fully saturated rings. The number of rotatable bonds is 6. The number of carboxylic acids is 1. The summed E-state index contributed by atoms with van der Waals surface area (Å²) in [5, 5.41) is 14.0. The van der Waals surface area contributed by atoms with Crippen LogP contribution in [-0.2, 0) is 29.8 Å². The lowest BCUT2D eigenvalue weighted by Gasteiger charge is -2.38. The van der Waals surface area contributed by atoms with E-state index in [2.05, 4.69) is 31.4 Å². The Morgan fingerprint density at radius 2 is 1.69 bits per heavy atom. The van der Waals surface area contributed by atoms with Gasteiger partial charge in [0, 0.05) is 42.2 Å². The summed E-state index contributed by atoms with van der Waals surface area (Å²) in [5.41, 5.74) is -0.0802. The number of carbonyl (C=O) groups is 3. The topological polar surface area (TPSA) is 133 Å². The number of hydrogen-bond acceptors (Lipinski definition) is 6. The fourth-order valence-electron chi connectivity index (χ4n) is 7.06. The van der Waals surface area contributed by atoms with Crippen LogP contribution in [0.2, 0.25) is 10.0 Å². The van der Waals surface area contributed by atoms with Crippen LogP contribution in [0.5, 0.6) is 0 Å². The summed E-state index contributed by atoms with van der Waals surface area (Å²) in [5.74, 6) is -4.73. The van der Waals surface area contributed by atoms with Gasteiger partial charge >= 0.3 is 12.1 Å². The van der Waals surface area contributed by atoms with Gasteiger partial charge in [0.1, 0.15) is 11.2 Å². The SMILES string of the molecule is CC(C)(C)C[C@H]1N[C@@H](C(=O)CC2CCN(S(C)(=O)=O)CC2)[C@H](c2cccc(Cl)c2F)[C@@]12C(=O)Nc1cc(Cl)ccc12.O=C(O)C(F)(F)F. The third-order valence-corrected chi connectivity index (χ3v) is 10.9. The number of nitrogens with one attached hydrogen (secondary N) is 2. The van der Waals surface area contributed by atoms with Gasteiger partial charge in [0.05, 0.1) is 17.3 Å². The third-order valence-electron chi connectivity index (χ3n) is 9.06. The number of anilines is 1. The number of sulfonamides is 1. The van der Waals surface area contributed by atoms with Crippen molar-refractivity contribution in [3.05, 3.63) is 63.4 Å². The Balaban J connectivity index is 0.000000671. The van der Waals surface area contributed by atoms with E-state index in [1.165, 1.54) is 16.6 Å². The van der Waals surface area contributed by atoms with Gasteiger partial charge in [0.2, 0.25) is 15.9 Å². The summed E-state index contributed by atoms with van der Waals surface area (Å²) in [4.78, 5) is 37.3. The zero-order valence-corrected chi connectivity index (χ0v) is 29.0. The Hall–Kier alpha value is -2.78. The molecule has 0 unspecified atom stereocenters. The molecule has 264 valence electrons. The van der Waals surface area contributed by atoms with Crippen molar-refractivity contribution in [1.29, 1.82) is 0 Å². The molecule has 3 heterocycles. The van der Waals surface area contributed by atoms with E-state index in [0.29, 0.717) is 48.6 Å². The number of nitrogens with zero attached hydrogens (tertiary/aromatic N) is 1. The molecule has 3 aliphatic rings. The van der Waals surface area contributed by atoms with E-state index in [1.807, 2.05) is 0 Å². The van der Waals surface area contributed by atoms with E-state index >= 15 is 4.39 Å². The second-order valence-corrected chi connectivity index (χ2v) is 16.5. The van der Waals surface area contributed by atoms with Gasteiger partial charge in [0.15, 0.2) is 5.78 Å². The molecule has 1 spiro atoms. The highest BCUT2D eigenvalue weighted by molar-refractivity contribution is 7.88. The van der Waals surface area contributed by atoms with Crippen molar-refractivity contribution in [1.82, 2.24) is 9.62 Å². The van der Waals surface area contributed by atoms with E-state index in [0.717, 1.165) is 0 Å². The molecule has 0 radical (unpaired) electrons. The Morgan fingerprint density at radius 1 is 1.08 bits per heavy atom. The molecule has 5 rings (SSSR count). The Labute approximate surface area is 286 Å². The number of hydrogen-bond donors (Lipinski definition) is 3. The van der Waals surface area contributed by atoms with Crippen molar-refractivity contribution < 1.29 is 45.5 Å². The van der Waals surface area contributed by atoms with Crippen LogP contribution in [0.1, 0.15) is 63.5 Å². The molecule has 0 saturated carbocycles. The maximum Gasteiger partial charge on any atom is 0.490 e. The zero-order valence-electron chi connectivity index (χ0n) is 26.6. The van der Waals surface area contributed by atoms with Crippen LogP contribution >= 0.6 is 23.2 Å². The first kappa shape index (κ1) is 38.0. The average molecular weight is 739 g/mol. The van der Waals surface area contributed by atoms with Crippen LogP contribution in [-0.4, -0.2) is 73.1 Å². The second-order valence-electron chi connectivity index (χ2n) is 13.7. The minimum atomic E-state index is -5.08. The molecule has 16 heteroatoms. The maximum atomic E-state index is 15.9. The standard InChI is InChI=1S/C30H36Cl2FN3O4S.C2HF3O2/c1-29(2,3)16-24-30(20-9-8-18(31)15-22(20)34-28(30)38)25(19-6-5-7-21(32)26(19)33)27(35-24)23(37)14-17-10-12-36(13-11-17)41(4,39)40;3-2(4,5)1(6)7/h5-9,15,17,24-25,27,35H,10-14,16H2,1-4H3,(H,34,38);(H,6,7)/t24-,25+,27+,30+;/m1./s1. The lowest BCUT2D eigenvalue weighted by Crippen LogP contribution is -2.49. The molecule has 0 aromatic heterocycles. The Kier molecular flexibility index (Phi) is 11.0. The highest BCUT2D eigenvalue weighted by Crippen LogP contribution is 2.57. The molecular weight excluding hydrogens is 701 g/mol. The summed E-state index contributed by atoms with van der Waals surface area (Å²) in [7, 11) is -3.30. The first-order valence-electron chi connectivity index (χ1n) is 15.2. The fraction of sp³-hybridized carbons (Fsp3) is 0.531. The molecule has 3 N–H and O–H groups in total. The number of Topliss-reactive ketones (excluding diaryl/α,β-unsaturated/α-hetero) is 1. The lowest BCUT2D eigenvalue weighted by molar-refractivity contribution is -0.192. The van der Waals surface area contributed by atoms with E-state index < -0.39 is 51.4 Å². The third kappa shape index (κ3) is 7.83. The molecule has 4 atom stereocenters. The summed E-state index contributed by atoms with van der Waals surface area (Å²) in [6.45, 7) is 6.91. The summed E-state index contributed by atoms with van der Waals surface area (Å²) in [6, 6.07) is 8.56. The summed E-state index contributed by atoms with van der Waals surface area (Å²) < 4.78 is 73.0. The normalized spacial score (nSPS) is 25.0. The van der Waals surface area contributed by atoms with Gasteiger partial charge in [-0.3, -0.25) is 9.59 Å². The van der Waals surface area contributed by atoms with Gasteiger partial charge < -0.3 is 15.7 Å². The molecule has 9 nitrogen and oxygen atoms in total. The van der Waals surface area contributed by atoms with E-state index in [4.69, 9.17) is 33.1 Å². The average Bonchev–Trinajstić information content (AvgIpc) is 3.43. The van der Waals surface area contributed by atoms with Crippen LogP contribution in [0.15, 0.2) is 36.4 Å². The van der Waals surface area contributed by atoms with E-state index in [-0.39, 0.29) is 40.0 Å². The van der Waals surface area contributed by atoms with E-state index in [1.54, 1.807) is 30.3 Å². The van der Waals surface area contributed by atoms with Gasteiger partial charge in [-0.05, 0) is 59.9 Å². The number of piperidine rings is 1. The van der Waals surface area contributed by atoms with Gasteiger partial charge in [0.25, 0.3) is 0 Å². The minimum Gasteiger partial charge on any atom is -0.475 e. The molecule has 1 amide bonds. The van der Waals surface area contributed by atoms with Gasteiger partial charge in [-0.2, -0.15) is 13.2 Å². The molecule has 0 aliphatic carbocycles. The van der Waals surface area contributed by atoms with Crippen molar-refractivity contribution in [2.45, 2.75) is 76.0 Å². The molecular formula is C32H37Cl2F4N3O6S. The van der Waals surface area contributed by atoms with Gasteiger partial charge in [-0.15, -0.1) is 0 Å². The van der Waals surface area contributed by atoms with Crippen molar-refractivity contribution in [3.8, 4) is 0 Å². The molecule has 2 saturated heterocycles. The number of amides is 1. The highest BCUT2D eigenvalue weighted by atomic mass is 35.5. The summed E-state index contributed by atoms with van der Waals surface area (Å²) >= 11 is 12.6. The Bertz CT molecular complexity index is 1690. The minimum absolute atomic E-state index is 0.0201. The van der Waals surface area contributed by atoms with Crippen LogP contribution in [0.25, 0.3) is 0 Å². The lowest BCUT2D eigenvalue weighted by atomic mass is 9.62. The number of carbonyl (C=O) groups excluding carboxylic acids is 2.